The Morgan fingerprint density at radius 3 is 2.65 bits per heavy atom. The molecule has 1 amide bonds. The normalized spacial score (nSPS) is 15.2. The second kappa shape index (κ2) is 6.99. The number of piperidine rings is 1. The number of nitrogens with zero attached hydrogens (tertiary/aromatic N) is 5. The number of anilines is 1. The molecule has 0 unspecified atom stereocenters. The second-order valence-corrected chi connectivity index (χ2v) is 6.40. The summed E-state index contributed by atoms with van der Waals surface area (Å²) in [6, 6.07) is 7.69. The first-order valence-electron chi connectivity index (χ1n) is 8.63. The van der Waals surface area contributed by atoms with Gasteiger partial charge in [-0.25, -0.2) is 4.68 Å². The van der Waals surface area contributed by atoms with Gasteiger partial charge < -0.3 is 14.6 Å². The summed E-state index contributed by atoms with van der Waals surface area (Å²) in [5, 5.41) is 16.2. The van der Waals surface area contributed by atoms with Gasteiger partial charge >= 0.3 is 0 Å². The Morgan fingerprint density at radius 2 is 2.04 bits per heavy atom. The average Bonchev–Trinajstić information content (AvgIpc) is 3.34. The highest BCUT2D eigenvalue weighted by Gasteiger charge is 2.24. The molecule has 1 saturated heterocycles. The number of rotatable bonds is 4. The van der Waals surface area contributed by atoms with E-state index in [2.05, 4.69) is 20.6 Å². The molecule has 134 valence electrons. The van der Waals surface area contributed by atoms with E-state index in [9.17, 15) is 4.79 Å². The molecule has 1 fully saturated rings. The zero-order chi connectivity index (χ0) is 17.9. The van der Waals surface area contributed by atoms with Crippen molar-refractivity contribution in [1.29, 1.82) is 0 Å². The molecule has 4 rings (SSSR count). The van der Waals surface area contributed by atoms with E-state index in [0.717, 1.165) is 24.4 Å². The maximum absolute atomic E-state index is 12.3. The first kappa shape index (κ1) is 16.3. The fraction of sp³-hybridized carbons (Fsp3) is 0.333. The summed E-state index contributed by atoms with van der Waals surface area (Å²) in [4.78, 5) is 14.2. The molecule has 1 aliphatic rings. The zero-order valence-corrected chi connectivity index (χ0v) is 14.5. The van der Waals surface area contributed by atoms with Gasteiger partial charge in [-0.2, -0.15) is 5.10 Å². The fourth-order valence-corrected chi connectivity index (χ4v) is 3.07. The van der Waals surface area contributed by atoms with Gasteiger partial charge in [-0.1, -0.05) is 0 Å². The minimum absolute atomic E-state index is 0.0239. The van der Waals surface area contributed by atoms with E-state index >= 15 is 0 Å². The SMILES string of the molecule is Cc1ccn(-c2ccc(NC3CCN(C(=O)c4ccoc4)CC3)nn2)n1. The first-order valence-corrected chi connectivity index (χ1v) is 8.63. The molecule has 0 aromatic carbocycles. The van der Waals surface area contributed by atoms with Crippen LogP contribution in [-0.2, 0) is 0 Å². The largest absolute Gasteiger partial charge is 0.472 e. The van der Waals surface area contributed by atoms with Crippen LogP contribution in [0.4, 0.5) is 5.82 Å². The zero-order valence-electron chi connectivity index (χ0n) is 14.5. The minimum atomic E-state index is 0.0239. The van der Waals surface area contributed by atoms with Gasteiger partial charge in [0.1, 0.15) is 12.1 Å². The van der Waals surface area contributed by atoms with Crippen LogP contribution in [0.1, 0.15) is 28.9 Å². The number of hydrogen-bond donors (Lipinski definition) is 1. The van der Waals surface area contributed by atoms with Crippen LogP contribution < -0.4 is 5.32 Å². The van der Waals surface area contributed by atoms with E-state index in [1.807, 2.05) is 36.2 Å². The van der Waals surface area contributed by atoms with Crippen LogP contribution in [0.15, 0.2) is 47.4 Å². The molecule has 3 aromatic heterocycles. The van der Waals surface area contributed by atoms with Gasteiger partial charge in [-0.3, -0.25) is 4.79 Å². The van der Waals surface area contributed by atoms with Crippen molar-refractivity contribution in [2.75, 3.05) is 18.4 Å². The Bertz CT molecular complexity index is 863. The molecular formula is C18H20N6O2. The van der Waals surface area contributed by atoms with Gasteiger partial charge in [-0.15, -0.1) is 10.2 Å². The number of carbonyl (C=O) groups is 1. The minimum Gasteiger partial charge on any atom is -0.472 e. The van der Waals surface area contributed by atoms with Crippen molar-refractivity contribution in [3.8, 4) is 5.82 Å². The number of carbonyl (C=O) groups excluding carboxylic acids is 1. The monoisotopic (exact) mass is 352 g/mol. The maximum Gasteiger partial charge on any atom is 0.257 e. The smallest absolute Gasteiger partial charge is 0.257 e. The number of amides is 1. The fourth-order valence-electron chi connectivity index (χ4n) is 3.07. The van der Waals surface area contributed by atoms with Crippen LogP contribution >= 0.6 is 0 Å². The van der Waals surface area contributed by atoms with Gasteiger partial charge in [-0.05, 0) is 44.0 Å². The molecule has 8 heteroatoms. The molecule has 0 radical (unpaired) electrons. The van der Waals surface area contributed by atoms with E-state index in [1.165, 1.54) is 12.5 Å². The first-order chi connectivity index (χ1) is 12.7. The summed E-state index contributed by atoms with van der Waals surface area (Å²) in [5.74, 6) is 1.44. The molecule has 0 aliphatic carbocycles. The van der Waals surface area contributed by atoms with Crippen LogP contribution in [-0.4, -0.2) is 49.9 Å². The third-order valence-corrected chi connectivity index (χ3v) is 4.51. The number of hydrogen-bond acceptors (Lipinski definition) is 6. The van der Waals surface area contributed by atoms with Gasteiger partial charge in [0.05, 0.1) is 17.5 Å². The molecule has 1 aliphatic heterocycles. The van der Waals surface area contributed by atoms with E-state index in [1.54, 1.807) is 10.7 Å². The summed E-state index contributed by atoms with van der Waals surface area (Å²) in [6.45, 7) is 3.35. The highest BCUT2D eigenvalue weighted by molar-refractivity contribution is 5.93. The Kier molecular flexibility index (Phi) is 4.39. The summed E-state index contributed by atoms with van der Waals surface area (Å²) in [7, 11) is 0. The standard InChI is InChI=1S/C18H20N6O2/c1-13-4-10-24(22-13)17-3-2-16(20-21-17)19-15-5-8-23(9-6-15)18(25)14-7-11-26-12-14/h2-4,7,10-12,15H,5-6,8-9H2,1H3,(H,19,20). The predicted molar refractivity (Wildman–Crippen MR) is 95.1 cm³/mol. The van der Waals surface area contributed by atoms with Crippen LogP contribution in [0.3, 0.4) is 0 Å². The lowest BCUT2D eigenvalue weighted by Gasteiger charge is -2.32. The van der Waals surface area contributed by atoms with Crippen LogP contribution in [0.25, 0.3) is 5.82 Å². The second-order valence-electron chi connectivity index (χ2n) is 6.40. The van der Waals surface area contributed by atoms with Crippen molar-refractivity contribution in [3.63, 3.8) is 0 Å². The highest BCUT2D eigenvalue weighted by atomic mass is 16.3. The van der Waals surface area contributed by atoms with Crippen molar-refractivity contribution >= 4 is 11.7 Å². The van der Waals surface area contributed by atoms with Crippen LogP contribution in [0, 0.1) is 6.92 Å². The van der Waals surface area contributed by atoms with Crippen molar-refractivity contribution < 1.29 is 9.21 Å². The van der Waals surface area contributed by atoms with Gasteiger partial charge in [0.2, 0.25) is 0 Å². The van der Waals surface area contributed by atoms with E-state index in [0.29, 0.717) is 24.5 Å². The van der Waals surface area contributed by atoms with E-state index < -0.39 is 0 Å². The molecule has 0 spiro atoms. The van der Waals surface area contributed by atoms with E-state index in [4.69, 9.17) is 4.42 Å². The third kappa shape index (κ3) is 3.44. The van der Waals surface area contributed by atoms with Gasteiger partial charge in [0.15, 0.2) is 5.82 Å². The Morgan fingerprint density at radius 1 is 1.19 bits per heavy atom. The Balaban J connectivity index is 1.32. The average molecular weight is 352 g/mol. The van der Waals surface area contributed by atoms with Crippen molar-refractivity contribution in [2.24, 2.45) is 0 Å². The van der Waals surface area contributed by atoms with Gasteiger partial charge in [0, 0.05) is 25.3 Å². The molecule has 4 heterocycles. The number of aromatic nitrogens is 4. The molecule has 8 nitrogen and oxygen atoms in total. The summed E-state index contributed by atoms with van der Waals surface area (Å²) in [6.07, 6.45) is 6.61. The van der Waals surface area contributed by atoms with Crippen LogP contribution in [0.5, 0.6) is 0 Å². The number of furan rings is 1. The third-order valence-electron chi connectivity index (χ3n) is 4.51. The lowest BCUT2D eigenvalue weighted by atomic mass is 10.0. The summed E-state index contributed by atoms with van der Waals surface area (Å²) in [5.41, 5.74) is 1.54. The molecular weight excluding hydrogens is 332 g/mol. The van der Waals surface area contributed by atoms with Crippen molar-refractivity contribution in [3.05, 3.63) is 54.2 Å². The predicted octanol–water partition coefficient (Wildman–Crippen LogP) is 2.28. The molecule has 0 saturated carbocycles. The molecule has 0 bridgehead atoms. The summed E-state index contributed by atoms with van der Waals surface area (Å²) < 4.78 is 6.69. The molecule has 3 aromatic rings. The number of likely N-dealkylation sites (tertiary alicyclic amines) is 1. The number of aryl methyl sites for hydroxylation is 1. The maximum atomic E-state index is 12.3. The Labute approximate surface area is 150 Å². The Hall–Kier alpha value is -3.16. The molecule has 1 N–H and O–H groups in total. The lowest BCUT2D eigenvalue weighted by Crippen LogP contribution is -2.42. The van der Waals surface area contributed by atoms with E-state index in [-0.39, 0.29) is 11.9 Å². The van der Waals surface area contributed by atoms with Gasteiger partial charge in [0.25, 0.3) is 5.91 Å². The molecule has 0 atom stereocenters. The van der Waals surface area contributed by atoms with Crippen molar-refractivity contribution in [1.82, 2.24) is 24.9 Å². The quantitative estimate of drug-likeness (QED) is 0.775. The highest BCUT2D eigenvalue weighted by Crippen LogP contribution is 2.17. The van der Waals surface area contributed by atoms with Crippen LogP contribution in [0.2, 0.25) is 0 Å². The molecule has 26 heavy (non-hydrogen) atoms. The summed E-state index contributed by atoms with van der Waals surface area (Å²) >= 11 is 0. The topological polar surface area (TPSA) is 89.1 Å². The van der Waals surface area contributed by atoms with Crippen molar-refractivity contribution in [2.45, 2.75) is 25.8 Å². The lowest BCUT2D eigenvalue weighted by molar-refractivity contribution is 0.0717. The number of nitrogens with one attached hydrogen (secondary N) is 1.